The Morgan fingerprint density at radius 2 is 1.79 bits per heavy atom. The normalized spacial score (nSPS) is 14.0. The summed E-state index contributed by atoms with van der Waals surface area (Å²) in [4.78, 5) is 27.5. The minimum Gasteiger partial charge on any atom is -0.493 e. The van der Waals surface area contributed by atoms with E-state index in [9.17, 15) is 14.9 Å². The summed E-state index contributed by atoms with van der Waals surface area (Å²) >= 11 is 0. The Labute approximate surface area is 196 Å². The number of benzene rings is 3. The molecular formula is C26H22N2O6. The topological polar surface area (TPSA) is 100 Å². The molecule has 0 spiro atoms. The van der Waals surface area contributed by atoms with Crippen LogP contribution in [0.1, 0.15) is 23.1 Å². The summed E-state index contributed by atoms with van der Waals surface area (Å²) in [6.07, 6.45) is 2.04. The second kappa shape index (κ2) is 10.4. The van der Waals surface area contributed by atoms with Gasteiger partial charge in [-0.2, -0.15) is 0 Å². The van der Waals surface area contributed by atoms with Gasteiger partial charge in [-0.3, -0.25) is 10.1 Å². The molecule has 0 bridgehead atoms. The van der Waals surface area contributed by atoms with Crippen molar-refractivity contribution < 1.29 is 23.9 Å². The third-order valence-corrected chi connectivity index (χ3v) is 4.94. The molecule has 0 radical (unpaired) electrons. The second-order valence-electron chi connectivity index (χ2n) is 7.55. The molecule has 4 rings (SSSR count). The Kier molecular flexibility index (Phi) is 6.98. The molecule has 0 aliphatic carbocycles. The average molecular weight is 458 g/mol. The zero-order valence-electron chi connectivity index (χ0n) is 18.5. The zero-order valence-corrected chi connectivity index (χ0v) is 18.5. The van der Waals surface area contributed by atoms with Crippen molar-refractivity contribution >= 4 is 23.6 Å². The summed E-state index contributed by atoms with van der Waals surface area (Å²) in [5.41, 5.74) is 1.94. The van der Waals surface area contributed by atoms with Crippen molar-refractivity contribution in [3.8, 4) is 11.5 Å². The van der Waals surface area contributed by atoms with Crippen LogP contribution in [0.25, 0.3) is 6.08 Å². The number of nitro groups is 1. The maximum absolute atomic E-state index is 12.4. The van der Waals surface area contributed by atoms with Gasteiger partial charge in [0.05, 0.1) is 18.1 Å². The first-order valence-electron chi connectivity index (χ1n) is 10.7. The van der Waals surface area contributed by atoms with Gasteiger partial charge in [0.25, 0.3) is 5.69 Å². The van der Waals surface area contributed by atoms with Gasteiger partial charge in [0.2, 0.25) is 5.90 Å². The lowest BCUT2D eigenvalue weighted by molar-refractivity contribution is -0.384. The van der Waals surface area contributed by atoms with Gasteiger partial charge in [-0.05, 0) is 43.3 Å². The van der Waals surface area contributed by atoms with Crippen molar-refractivity contribution in [1.82, 2.24) is 0 Å². The van der Waals surface area contributed by atoms with Crippen LogP contribution in [-0.4, -0.2) is 30.0 Å². The number of carbonyl (C=O) groups is 1. The highest BCUT2D eigenvalue weighted by Gasteiger charge is 2.25. The molecule has 8 heteroatoms. The molecule has 0 unspecified atom stereocenters. The van der Waals surface area contributed by atoms with Gasteiger partial charge < -0.3 is 14.2 Å². The van der Waals surface area contributed by atoms with Crippen LogP contribution in [0.5, 0.6) is 11.5 Å². The molecule has 1 aliphatic rings. The summed E-state index contributed by atoms with van der Waals surface area (Å²) in [5, 5.41) is 11.3. The Morgan fingerprint density at radius 3 is 2.56 bits per heavy atom. The molecule has 0 fully saturated rings. The molecule has 8 nitrogen and oxygen atoms in total. The number of aliphatic imine (C=N–C) groups is 1. The smallest absolute Gasteiger partial charge is 0.363 e. The van der Waals surface area contributed by atoms with E-state index in [2.05, 4.69) is 4.99 Å². The van der Waals surface area contributed by atoms with Gasteiger partial charge in [-0.25, -0.2) is 9.79 Å². The van der Waals surface area contributed by atoms with Crippen LogP contribution >= 0.6 is 0 Å². The number of hydrogen-bond acceptors (Lipinski definition) is 7. The fraction of sp³-hybridized carbons (Fsp3) is 0.154. The van der Waals surface area contributed by atoms with Gasteiger partial charge >= 0.3 is 5.97 Å². The molecular weight excluding hydrogens is 436 g/mol. The molecule has 172 valence electrons. The zero-order chi connectivity index (χ0) is 23.9. The van der Waals surface area contributed by atoms with Gasteiger partial charge in [-0.15, -0.1) is 0 Å². The molecule has 0 aromatic heterocycles. The van der Waals surface area contributed by atoms with Crippen LogP contribution in [0.3, 0.4) is 0 Å². The molecule has 0 amide bonds. The Balaban J connectivity index is 1.50. The largest absolute Gasteiger partial charge is 0.493 e. The molecule has 3 aromatic carbocycles. The van der Waals surface area contributed by atoms with E-state index in [0.29, 0.717) is 36.5 Å². The molecule has 1 heterocycles. The Morgan fingerprint density at radius 1 is 1.00 bits per heavy atom. The van der Waals surface area contributed by atoms with E-state index in [0.717, 1.165) is 11.3 Å². The highest BCUT2D eigenvalue weighted by Crippen LogP contribution is 2.29. The summed E-state index contributed by atoms with van der Waals surface area (Å²) in [6.45, 7) is 2.70. The first-order valence-corrected chi connectivity index (χ1v) is 10.7. The number of rotatable bonds is 9. The quantitative estimate of drug-likeness (QED) is 0.145. The number of para-hydroxylation sites is 1. The second-order valence-corrected chi connectivity index (χ2v) is 7.55. The number of non-ortho nitro benzene ring substituents is 1. The van der Waals surface area contributed by atoms with E-state index in [4.69, 9.17) is 14.2 Å². The van der Waals surface area contributed by atoms with Gasteiger partial charge in [-0.1, -0.05) is 35.9 Å². The first kappa shape index (κ1) is 22.7. The molecule has 0 saturated heterocycles. The van der Waals surface area contributed by atoms with E-state index < -0.39 is 10.9 Å². The molecule has 34 heavy (non-hydrogen) atoms. The molecule has 0 atom stereocenters. The van der Waals surface area contributed by atoms with E-state index in [1.165, 1.54) is 24.3 Å². The van der Waals surface area contributed by atoms with Crippen LogP contribution in [0.4, 0.5) is 5.69 Å². The van der Waals surface area contributed by atoms with Gasteiger partial charge in [0.1, 0.15) is 11.5 Å². The first-order chi connectivity index (χ1) is 16.5. The van der Waals surface area contributed by atoms with E-state index in [1.807, 2.05) is 55.5 Å². The fourth-order valence-corrected chi connectivity index (χ4v) is 3.30. The standard InChI is InChI=1S/C26H22N2O6/c1-18-7-5-8-19(15-18)25-27-23(26(29)34-25)17-20-16-21(28(30)31)11-12-24(20)33-14-6-13-32-22-9-3-2-4-10-22/h2-5,7-12,15-17H,6,13-14H2,1H3/b23-17+. The summed E-state index contributed by atoms with van der Waals surface area (Å²) < 4.78 is 16.8. The number of esters is 1. The maximum atomic E-state index is 12.4. The summed E-state index contributed by atoms with van der Waals surface area (Å²) in [7, 11) is 0. The van der Waals surface area contributed by atoms with Crippen molar-refractivity contribution in [1.29, 1.82) is 0 Å². The summed E-state index contributed by atoms with van der Waals surface area (Å²) in [6, 6.07) is 21.1. The number of ether oxygens (including phenoxy) is 3. The van der Waals surface area contributed by atoms with Crippen LogP contribution in [0, 0.1) is 17.0 Å². The monoisotopic (exact) mass is 458 g/mol. The number of hydrogen-bond donors (Lipinski definition) is 0. The van der Waals surface area contributed by atoms with E-state index >= 15 is 0 Å². The van der Waals surface area contributed by atoms with Crippen LogP contribution in [0.15, 0.2) is 83.5 Å². The SMILES string of the molecule is Cc1cccc(C2=N/C(=C/c3cc([N+](=O)[O-])ccc3OCCCOc3ccccc3)C(=O)O2)c1. The predicted molar refractivity (Wildman–Crippen MR) is 127 cm³/mol. The molecule has 3 aromatic rings. The predicted octanol–water partition coefficient (Wildman–Crippen LogP) is 5.10. The molecule has 0 saturated carbocycles. The van der Waals surface area contributed by atoms with Crippen molar-refractivity contribution in [2.24, 2.45) is 4.99 Å². The minimum atomic E-state index is -0.634. The Bertz CT molecular complexity index is 1270. The van der Waals surface area contributed by atoms with Crippen LogP contribution in [-0.2, 0) is 9.53 Å². The average Bonchev–Trinajstić information content (AvgIpc) is 3.20. The number of nitro benzene ring substituents is 1. The number of aryl methyl sites for hydroxylation is 1. The third-order valence-electron chi connectivity index (χ3n) is 4.94. The van der Waals surface area contributed by atoms with Gasteiger partial charge in [0, 0.05) is 29.7 Å². The number of cyclic esters (lactones) is 1. The molecule has 0 N–H and O–H groups in total. The Hall–Kier alpha value is -4.46. The fourth-order valence-electron chi connectivity index (χ4n) is 3.30. The summed E-state index contributed by atoms with van der Waals surface area (Å²) in [5.74, 6) is 0.714. The van der Waals surface area contributed by atoms with Crippen molar-refractivity contribution in [3.05, 3.63) is 105 Å². The third kappa shape index (κ3) is 5.66. The van der Waals surface area contributed by atoms with Crippen molar-refractivity contribution in [2.45, 2.75) is 13.3 Å². The highest BCUT2D eigenvalue weighted by atomic mass is 16.6. The van der Waals surface area contributed by atoms with E-state index in [-0.39, 0.29) is 17.3 Å². The maximum Gasteiger partial charge on any atom is 0.363 e. The highest BCUT2D eigenvalue weighted by molar-refractivity contribution is 6.13. The lowest BCUT2D eigenvalue weighted by Gasteiger charge is -2.10. The molecule has 1 aliphatic heterocycles. The van der Waals surface area contributed by atoms with Crippen molar-refractivity contribution in [2.75, 3.05) is 13.2 Å². The number of carbonyl (C=O) groups excluding carboxylic acids is 1. The van der Waals surface area contributed by atoms with Crippen LogP contribution in [0.2, 0.25) is 0 Å². The van der Waals surface area contributed by atoms with Crippen molar-refractivity contribution in [3.63, 3.8) is 0 Å². The minimum absolute atomic E-state index is 0.0364. The van der Waals surface area contributed by atoms with Crippen LogP contribution < -0.4 is 9.47 Å². The van der Waals surface area contributed by atoms with E-state index in [1.54, 1.807) is 6.07 Å². The number of nitrogens with zero attached hydrogens (tertiary/aromatic N) is 2. The van der Waals surface area contributed by atoms with Gasteiger partial charge in [0.15, 0.2) is 5.70 Å². The lowest BCUT2D eigenvalue weighted by atomic mass is 10.1. The lowest BCUT2D eigenvalue weighted by Crippen LogP contribution is -2.06.